The van der Waals surface area contributed by atoms with Gasteiger partial charge in [0.15, 0.2) is 8.32 Å². The first kappa shape index (κ1) is 46.1. The van der Waals surface area contributed by atoms with Crippen LogP contribution < -0.4 is 0 Å². The first-order chi connectivity index (χ1) is 23.7. The molecular formula is C34H42F4I2N2O8Si. The number of carbonyl (C=O) groups is 2. The molecule has 0 aliphatic heterocycles. The van der Waals surface area contributed by atoms with E-state index < -0.39 is 55.0 Å². The van der Waals surface area contributed by atoms with Gasteiger partial charge in [0.2, 0.25) is 0 Å². The van der Waals surface area contributed by atoms with E-state index in [9.17, 15) is 37.4 Å². The van der Waals surface area contributed by atoms with Crippen LogP contribution in [0.1, 0.15) is 45.7 Å². The molecule has 2 aromatic rings. The van der Waals surface area contributed by atoms with Gasteiger partial charge in [0, 0.05) is 31.7 Å². The van der Waals surface area contributed by atoms with Gasteiger partial charge in [-0.3, -0.25) is 9.98 Å². The topological polar surface area (TPSA) is 147 Å². The molecular weight excluding hydrogens is 922 g/mol. The van der Waals surface area contributed by atoms with Crippen LogP contribution in [-0.4, -0.2) is 87.5 Å². The summed E-state index contributed by atoms with van der Waals surface area (Å²) >= 11 is 3.31. The zero-order valence-electron chi connectivity index (χ0n) is 29.3. The molecule has 2 aromatic carbocycles. The highest BCUT2D eigenvalue weighted by atomic mass is 127. The van der Waals surface area contributed by atoms with E-state index >= 15 is 0 Å². The average molecular weight is 965 g/mol. The van der Waals surface area contributed by atoms with Gasteiger partial charge < -0.3 is 29.2 Å². The monoisotopic (exact) mass is 964 g/mol. The van der Waals surface area contributed by atoms with E-state index in [0.717, 1.165) is 24.6 Å². The molecule has 0 spiro atoms. The van der Waals surface area contributed by atoms with Crippen molar-refractivity contribution in [2.24, 2.45) is 9.98 Å². The summed E-state index contributed by atoms with van der Waals surface area (Å²) in [7, 11) is -1.92. The highest BCUT2D eigenvalue weighted by Crippen LogP contribution is 2.36. The van der Waals surface area contributed by atoms with Crippen molar-refractivity contribution < 1.29 is 56.4 Å². The fourth-order valence-electron chi connectivity index (χ4n) is 3.48. The van der Waals surface area contributed by atoms with Gasteiger partial charge in [-0.15, -0.1) is 0 Å². The van der Waals surface area contributed by atoms with Crippen LogP contribution >= 0.6 is 45.2 Å². The normalized spacial score (nSPS) is 13.1. The second-order valence-electron chi connectivity index (χ2n) is 11.9. The molecule has 51 heavy (non-hydrogen) atoms. The Hall–Kier alpha value is -2.88. The molecule has 0 radical (unpaired) electrons. The molecule has 0 unspecified atom stereocenters. The minimum absolute atomic E-state index is 0.000378. The van der Waals surface area contributed by atoms with Crippen molar-refractivity contribution in [3.8, 4) is 0 Å². The zero-order valence-corrected chi connectivity index (χ0v) is 34.6. The summed E-state index contributed by atoms with van der Waals surface area (Å²) < 4.78 is 70.6. The summed E-state index contributed by atoms with van der Waals surface area (Å²) in [5.74, 6) is -6.67. The largest absolute Gasteiger partial charge is 0.506 e. The summed E-state index contributed by atoms with van der Waals surface area (Å²) in [5, 5.41) is 29.3. The van der Waals surface area contributed by atoms with Gasteiger partial charge >= 0.3 is 11.9 Å². The van der Waals surface area contributed by atoms with Crippen molar-refractivity contribution >= 4 is 89.4 Å². The maximum atomic E-state index is 14.1. The molecule has 0 aromatic heterocycles. The van der Waals surface area contributed by atoms with Gasteiger partial charge in [-0.2, -0.15) is 0 Å². The molecule has 0 saturated carbocycles. The lowest BCUT2D eigenvalue weighted by molar-refractivity contribution is -0.138. The molecule has 3 N–H and O–H groups in total. The summed E-state index contributed by atoms with van der Waals surface area (Å²) in [6, 6.07) is 3.45. The highest BCUT2D eigenvalue weighted by molar-refractivity contribution is 14.1. The number of hydrogen-bond donors (Lipinski definition) is 3. The molecule has 0 aliphatic rings. The summed E-state index contributed by atoms with van der Waals surface area (Å²) in [4.78, 5) is 31.9. The Morgan fingerprint density at radius 3 is 1.51 bits per heavy atom. The predicted octanol–water partition coefficient (Wildman–Crippen LogP) is 7.96. The smallest absolute Gasteiger partial charge is 0.343 e. The van der Waals surface area contributed by atoms with Crippen LogP contribution in [0, 0.1) is 30.4 Å². The summed E-state index contributed by atoms with van der Waals surface area (Å²) in [6.07, 6.45) is 2.12. The Morgan fingerprint density at radius 1 is 0.765 bits per heavy atom. The molecule has 0 saturated heterocycles. The quantitative estimate of drug-likeness (QED) is 0.0199. The molecule has 0 fully saturated rings. The maximum absolute atomic E-state index is 14.1. The third-order valence-electron chi connectivity index (χ3n) is 7.19. The van der Waals surface area contributed by atoms with Crippen LogP contribution in [0.5, 0.6) is 0 Å². The average Bonchev–Trinajstić information content (AvgIpc) is 3.04. The van der Waals surface area contributed by atoms with Crippen LogP contribution in [0.2, 0.25) is 18.1 Å². The predicted molar refractivity (Wildman–Crippen MR) is 207 cm³/mol. The second-order valence-corrected chi connectivity index (χ2v) is 19.0. The third-order valence-corrected chi connectivity index (χ3v) is 13.4. The second kappa shape index (κ2) is 21.6. The van der Waals surface area contributed by atoms with E-state index in [1.807, 2.05) is 0 Å². The number of nitrogens with zero attached hydrogens (tertiary/aromatic N) is 2. The number of ether oxygens (including phenoxy) is 2. The number of rotatable bonds is 14. The fourth-order valence-corrected chi connectivity index (χ4v) is 5.45. The van der Waals surface area contributed by atoms with E-state index in [1.165, 1.54) is 0 Å². The van der Waals surface area contributed by atoms with Crippen LogP contribution in [0.25, 0.3) is 11.5 Å². The van der Waals surface area contributed by atoms with Crippen molar-refractivity contribution in [1.29, 1.82) is 0 Å². The molecule has 0 amide bonds. The SMILES string of the molecule is CCOC(=O)C(C=NCCO)=C(O)c1cc(I)c(F)cc1F.CCOC(=O)C(C=NCCO[Si](C)(C)C(C)(C)C)=C(O)c1cc(I)c(F)cc1F. The van der Waals surface area contributed by atoms with Crippen LogP contribution in [0.4, 0.5) is 17.6 Å². The first-order valence-electron chi connectivity index (χ1n) is 15.5. The number of aliphatic hydroxyl groups excluding tert-OH is 3. The Kier molecular flexibility index (Phi) is 19.5. The lowest BCUT2D eigenvalue weighted by atomic mass is 10.1. The summed E-state index contributed by atoms with van der Waals surface area (Å²) in [5.41, 5.74) is -1.33. The van der Waals surface area contributed by atoms with Crippen molar-refractivity contribution in [3.63, 3.8) is 0 Å². The van der Waals surface area contributed by atoms with Gasteiger partial charge in [-0.25, -0.2) is 27.2 Å². The van der Waals surface area contributed by atoms with Crippen molar-refractivity contribution in [2.75, 3.05) is 39.5 Å². The molecule has 17 heteroatoms. The van der Waals surface area contributed by atoms with E-state index in [0.29, 0.717) is 18.7 Å². The lowest BCUT2D eigenvalue weighted by Crippen LogP contribution is -2.41. The highest BCUT2D eigenvalue weighted by Gasteiger charge is 2.36. The standard InChI is InChI=1S/C20H28F2INO4Si.C14H14F2INO4/c1-7-27-19(26)14(12-24-8-9-28-29(5,6)20(2,3)4)18(25)13-10-17(23)16(22)11-15(13)21;1-2-22-14(21)9(7-18-3-4-19)13(20)8-5-12(17)11(16)6-10(8)15/h10-12,25H,7-9H2,1-6H3;5-7,19-20H,2-4H2,1H3. The zero-order chi connectivity index (χ0) is 39.1. The Bertz CT molecular complexity index is 1660. The lowest BCUT2D eigenvalue weighted by Gasteiger charge is -2.35. The van der Waals surface area contributed by atoms with E-state index in [4.69, 9.17) is 19.0 Å². The number of hydrogen-bond acceptors (Lipinski definition) is 10. The van der Waals surface area contributed by atoms with E-state index in [2.05, 4.69) is 43.9 Å². The molecule has 0 bridgehead atoms. The van der Waals surface area contributed by atoms with Gasteiger partial charge in [-0.05, 0) is 89.3 Å². The minimum atomic E-state index is -1.92. The van der Waals surface area contributed by atoms with Gasteiger partial charge in [0.25, 0.3) is 0 Å². The Morgan fingerprint density at radius 2 is 1.16 bits per heavy atom. The third kappa shape index (κ3) is 14.2. The number of aliphatic imine (C=N–C) groups is 2. The number of carbonyl (C=O) groups excluding carboxylic acids is 2. The maximum Gasteiger partial charge on any atom is 0.343 e. The fraction of sp³-hybridized carbons (Fsp3) is 0.412. The molecule has 0 atom stereocenters. The molecule has 10 nitrogen and oxygen atoms in total. The van der Waals surface area contributed by atoms with E-state index in [-0.39, 0.29) is 67.4 Å². The van der Waals surface area contributed by atoms with Crippen molar-refractivity contribution in [2.45, 2.75) is 52.8 Å². The van der Waals surface area contributed by atoms with Crippen LogP contribution in [0.3, 0.4) is 0 Å². The van der Waals surface area contributed by atoms with E-state index in [1.54, 1.807) is 59.0 Å². The molecule has 2 rings (SSSR count). The Balaban J connectivity index is 0.000000530. The first-order valence-corrected chi connectivity index (χ1v) is 20.5. The number of aliphatic hydroxyl groups is 3. The van der Waals surface area contributed by atoms with Crippen molar-refractivity contribution in [1.82, 2.24) is 0 Å². The summed E-state index contributed by atoms with van der Waals surface area (Å²) in [6.45, 7) is 14.3. The van der Waals surface area contributed by atoms with Gasteiger partial charge in [-0.1, -0.05) is 20.8 Å². The van der Waals surface area contributed by atoms with Crippen LogP contribution in [-0.2, 0) is 23.5 Å². The minimum Gasteiger partial charge on any atom is -0.506 e. The number of esters is 2. The molecule has 0 heterocycles. The number of benzene rings is 2. The van der Waals surface area contributed by atoms with Crippen LogP contribution in [0.15, 0.2) is 45.4 Å². The molecule has 0 aliphatic carbocycles. The van der Waals surface area contributed by atoms with Gasteiger partial charge in [0.05, 0.1) is 50.6 Å². The molecule has 282 valence electrons. The number of halogens is 6. The van der Waals surface area contributed by atoms with Crippen molar-refractivity contribution in [3.05, 3.63) is 76.9 Å². The Labute approximate surface area is 323 Å². The van der Waals surface area contributed by atoms with Gasteiger partial charge in [0.1, 0.15) is 45.9 Å².